The summed E-state index contributed by atoms with van der Waals surface area (Å²) < 4.78 is 11.9. The molecule has 2 fully saturated rings. The summed E-state index contributed by atoms with van der Waals surface area (Å²) in [6, 6.07) is 13.4. The van der Waals surface area contributed by atoms with E-state index in [1.165, 1.54) is 27.6 Å². The maximum atomic E-state index is 12.8. The van der Waals surface area contributed by atoms with Gasteiger partial charge in [0.2, 0.25) is 0 Å². The molecule has 0 radical (unpaired) electrons. The van der Waals surface area contributed by atoms with E-state index < -0.39 is 5.60 Å². The van der Waals surface area contributed by atoms with Gasteiger partial charge in [0.25, 0.3) is 0 Å². The van der Waals surface area contributed by atoms with Gasteiger partial charge in [-0.2, -0.15) is 9.97 Å². The second kappa shape index (κ2) is 11.4. The van der Waals surface area contributed by atoms with Crippen molar-refractivity contribution >= 4 is 28.4 Å². The van der Waals surface area contributed by atoms with Crippen molar-refractivity contribution in [3.05, 3.63) is 53.2 Å². The van der Waals surface area contributed by atoms with Gasteiger partial charge in [-0.15, -0.1) is 0 Å². The van der Waals surface area contributed by atoms with E-state index in [0.717, 1.165) is 63.5 Å². The fourth-order valence-electron chi connectivity index (χ4n) is 6.31. The number of hydrogen-bond donors (Lipinski definition) is 1. The van der Waals surface area contributed by atoms with Crippen LogP contribution >= 0.6 is 0 Å². The molecule has 2 saturated heterocycles. The van der Waals surface area contributed by atoms with Crippen LogP contribution in [0.2, 0.25) is 0 Å². The van der Waals surface area contributed by atoms with E-state index in [1.54, 1.807) is 4.90 Å². The summed E-state index contributed by atoms with van der Waals surface area (Å²) in [6.07, 6.45) is 2.41. The van der Waals surface area contributed by atoms with Crippen LogP contribution in [0, 0.1) is 6.92 Å². The Morgan fingerprint density at radius 1 is 1.02 bits per heavy atom. The predicted octanol–water partition coefficient (Wildman–Crippen LogP) is 4.69. The van der Waals surface area contributed by atoms with E-state index in [9.17, 15) is 4.79 Å². The number of rotatable bonds is 5. The van der Waals surface area contributed by atoms with Gasteiger partial charge in [0.1, 0.15) is 18.0 Å². The summed E-state index contributed by atoms with van der Waals surface area (Å²) in [7, 11) is 0. The van der Waals surface area contributed by atoms with Gasteiger partial charge in [-0.1, -0.05) is 30.3 Å². The Hall–Kier alpha value is -3.59. The summed E-state index contributed by atoms with van der Waals surface area (Å²) in [4.78, 5) is 29.4. The summed E-state index contributed by atoms with van der Waals surface area (Å²) in [5.41, 5.74) is 4.25. The molecule has 41 heavy (non-hydrogen) atoms. The zero-order valence-electron chi connectivity index (χ0n) is 24.8. The van der Waals surface area contributed by atoms with Gasteiger partial charge in [-0.3, -0.25) is 0 Å². The smallest absolute Gasteiger partial charge is 0.410 e. The van der Waals surface area contributed by atoms with Crippen LogP contribution in [0.5, 0.6) is 6.01 Å². The minimum atomic E-state index is -0.528. The average Bonchev–Trinajstić information content (AvgIpc) is 3.44. The zero-order valence-corrected chi connectivity index (χ0v) is 24.8. The van der Waals surface area contributed by atoms with Crippen molar-refractivity contribution in [2.24, 2.45) is 0 Å². The molecular formula is C32H42N6O3. The lowest BCUT2D eigenvalue weighted by molar-refractivity contribution is 0.0183. The van der Waals surface area contributed by atoms with E-state index in [2.05, 4.69) is 58.4 Å². The number of benzene rings is 2. The number of piperazine rings is 1. The summed E-state index contributed by atoms with van der Waals surface area (Å²) >= 11 is 0. The number of nitrogens with one attached hydrogen (secondary N) is 1. The van der Waals surface area contributed by atoms with Gasteiger partial charge in [0.05, 0.1) is 18.3 Å². The van der Waals surface area contributed by atoms with Gasteiger partial charge in [0.15, 0.2) is 0 Å². The fourth-order valence-corrected chi connectivity index (χ4v) is 6.31. The van der Waals surface area contributed by atoms with Crippen LogP contribution in [0.25, 0.3) is 10.8 Å². The first-order valence-corrected chi connectivity index (χ1v) is 15.0. The molecule has 3 aromatic rings. The maximum Gasteiger partial charge on any atom is 0.410 e. The lowest BCUT2D eigenvalue weighted by Crippen LogP contribution is -2.45. The number of amides is 1. The van der Waals surface area contributed by atoms with Crippen LogP contribution in [0.3, 0.4) is 0 Å². The molecule has 9 heteroatoms. The minimum Gasteiger partial charge on any atom is -0.461 e. The Balaban J connectivity index is 1.27. The van der Waals surface area contributed by atoms with Crippen molar-refractivity contribution in [2.75, 3.05) is 55.7 Å². The molecule has 0 unspecified atom stereocenters. The van der Waals surface area contributed by atoms with Crippen molar-refractivity contribution < 1.29 is 14.3 Å². The number of carbonyl (C=O) groups is 1. The van der Waals surface area contributed by atoms with Crippen LogP contribution in [-0.4, -0.2) is 78.5 Å². The van der Waals surface area contributed by atoms with Gasteiger partial charge >= 0.3 is 12.1 Å². The van der Waals surface area contributed by atoms with E-state index >= 15 is 0 Å². The lowest BCUT2D eigenvalue weighted by atomic mass is 9.99. The highest BCUT2D eigenvalue weighted by Gasteiger charge is 2.33. The molecule has 2 aromatic carbocycles. The predicted molar refractivity (Wildman–Crippen MR) is 162 cm³/mol. The number of ether oxygens (including phenoxy) is 2. The van der Waals surface area contributed by atoms with Crippen LogP contribution in [0.1, 0.15) is 50.4 Å². The molecule has 3 aliphatic heterocycles. The molecule has 1 N–H and O–H groups in total. The van der Waals surface area contributed by atoms with Gasteiger partial charge in [0, 0.05) is 55.9 Å². The van der Waals surface area contributed by atoms with Crippen molar-refractivity contribution in [1.82, 2.24) is 20.2 Å². The van der Waals surface area contributed by atoms with Crippen molar-refractivity contribution in [3.8, 4) is 6.01 Å². The third kappa shape index (κ3) is 5.91. The number of hydrogen-bond acceptors (Lipinski definition) is 8. The molecule has 0 saturated carbocycles. The quantitative estimate of drug-likeness (QED) is 0.483. The van der Waals surface area contributed by atoms with Gasteiger partial charge in [-0.05, 0) is 64.0 Å². The number of carbonyl (C=O) groups excluding carboxylic acids is 1. The molecule has 9 nitrogen and oxygen atoms in total. The highest BCUT2D eigenvalue weighted by molar-refractivity contribution is 5.97. The number of aryl methyl sites for hydroxylation is 1. The minimum absolute atomic E-state index is 0.0534. The standard InChI is InChI=1S/C32H42N6O3/c1-22-8-5-9-23-10-6-12-27(28(22)23)37-17-13-25-26(20-37)34-30(35-29(25)36-18-14-33-15-19-36)40-21-24-11-7-16-38(24)31(39)41-32(2,3)4/h5-6,8-10,12,24,33H,7,11,13-21H2,1-4H3/t24-/m0/s1. The van der Waals surface area contributed by atoms with E-state index in [1.807, 2.05) is 20.8 Å². The van der Waals surface area contributed by atoms with Crippen molar-refractivity contribution in [1.29, 1.82) is 0 Å². The van der Waals surface area contributed by atoms with Crippen LogP contribution in [0.15, 0.2) is 36.4 Å². The first kappa shape index (κ1) is 27.6. The van der Waals surface area contributed by atoms with E-state index in [4.69, 9.17) is 19.4 Å². The lowest BCUT2D eigenvalue weighted by Gasteiger charge is -2.35. The molecule has 4 heterocycles. The fraction of sp³-hybridized carbons (Fsp3) is 0.531. The molecule has 1 aromatic heterocycles. The second-order valence-corrected chi connectivity index (χ2v) is 12.4. The number of nitrogens with zero attached hydrogens (tertiary/aromatic N) is 5. The normalized spacial score (nSPS) is 19.4. The highest BCUT2D eigenvalue weighted by atomic mass is 16.6. The molecule has 1 atom stereocenters. The SMILES string of the molecule is Cc1cccc2cccc(N3CCc4c(nc(OC[C@@H]5CCCN5C(=O)OC(C)(C)C)nc4N4CCNCC4)C3)c12. The molecule has 0 spiro atoms. The molecular weight excluding hydrogens is 516 g/mol. The number of fused-ring (bicyclic) bond motifs is 2. The van der Waals surface area contributed by atoms with E-state index in [0.29, 0.717) is 25.7 Å². The maximum absolute atomic E-state index is 12.8. The van der Waals surface area contributed by atoms with Crippen LogP contribution in [0.4, 0.5) is 16.3 Å². The zero-order chi connectivity index (χ0) is 28.6. The summed E-state index contributed by atoms with van der Waals surface area (Å²) in [5, 5.41) is 6.01. The van der Waals surface area contributed by atoms with Crippen LogP contribution < -0.4 is 19.9 Å². The molecule has 0 bridgehead atoms. The molecule has 218 valence electrons. The Morgan fingerprint density at radius 3 is 2.59 bits per heavy atom. The van der Waals surface area contributed by atoms with Crippen molar-refractivity contribution in [3.63, 3.8) is 0 Å². The Morgan fingerprint density at radius 2 is 1.80 bits per heavy atom. The number of anilines is 2. The Kier molecular flexibility index (Phi) is 7.64. The average molecular weight is 559 g/mol. The molecule has 6 rings (SSSR count). The number of aromatic nitrogens is 2. The molecule has 1 amide bonds. The largest absolute Gasteiger partial charge is 0.461 e. The first-order chi connectivity index (χ1) is 19.8. The first-order valence-electron chi connectivity index (χ1n) is 15.0. The van der Waals surface area contributed by atoms with Gasteiger partial charge < -0.3 is 29.5 Å². The topological polar surface area (TPSA) is 83.1 Å². The molecule has 0 aliphatic carbocycles. The van der Waals surface area contributed by atoms with Crippen LogP contribution in [-0.2, 0) is 17.7 Å². The van der Waals surface area contributed by atoms with E-state index in [-0.39, 0.29) is 12.1 Å². The van der Waals surface area contributed by atoms with Gasteiger partial charge in [-0.25, -0.2) is 4.79 Å². The monoisotopic (exact) mass is 558 g/mol. The second-order valence-electron chi connectivity index (χ2n) is 12.4. The third-order valence-electron chi connectivity index (χ3n) is 8.28. The number of likely N-dealkylation sites (tertiary alicyclic amines) is 1. The highest BCUT2D eigenvalue weighted by Crippen LogP contribution is 2.35. The Bertz CT molecular complexity index is 1410. The third-order valence-corrected chi connectivity index (χ3v) is 8.28. The summed E-state index contributed by atoms with van der Waals surface area (Å²) in [6.45, 7) is 14.2. The van der Waals surface area contributed by atoms with Crippen molar-refractivity contribution in [2.45, 2.75) is 65.1 Å². The summed E-state index contributed by atoms with van der Waals surface area (Å²) in [5.74, 6) is 0.996. The molecule has 3 aliphatic rings. The Labute approximate surface area is 242 Å².